The summed E-state index contributed by atoms with van der Waals surface area (Å²) in [7, 11) is 1.54. The molecule has 0 spiro atoms. The number of hydrogen-bond acceptors (Lipinski definition) is 3. The van der Waals surface area contributed by atoms with Crippen molar-refractivity contribution >= 4 is 5.97 Å². The molecule has 0 fully saturated rings. The molecular formula is C10H12O3. The highest BCUT2D eigenvalue weighted by molar-refractivity contribution is 5.70. The number of carbonyl (C=O) groups is 1. The lowest BCUT2D eigenvalue weighted by Gasteiger charge is -2.07. The van der Waals surface area contributed by atoms with Crippen LogP contribution in [0, 0.1) is 6.92 Å². The van der Waals surface area contributed by atoms with Gasteiger partial charge in [0.1, 0.15) is 0 Å². The SMILES string of the molecule is COc1ccc(C)cc1OC(C)=O. The highest BCUT2D eigenvalue weighted by Crippen LogP contribution is 2.27. The average Bonchev–Trinajstić information content (AvgIpc) is 2.03. The smallest absolute Gasteiger partial charge is 0.308 e. The van der Waals surface area contributed by atoms with E-state index in [1.807, 2.05) is 13.0 Å². The molecule has 0 saturated heterocycles. The van der Waals surface area contributed by atoms with Gasteiger partial charge in [0.15, 0.2) is 11.5 Å². The molecule has 0 aliphatic rings. The van der Waals surface area contributed by atoms with Gasteiger partial charge in [-0.15, -0.1) is 0 Å². The molecule has 0 saturated carbocycles. The molecule has 0 aliphatic heterocycles. The van der Waals surface area contributed by atoms with Crippen molar-refractivity contribution in [1.29, 1.82) is 0 Å². The van der Waals surface area contributed by atoms with Crippen molar-refractivity contribution in [2.45, 2.75) is 13.8 Å². The molecule has 0 amide bonds. The number of ether oxygens (including phenoxy) is 2. The van der Waals surface area contributed by atoms with Gasteiger partial charge in [-0.25, -0.2) is 0 Å². The fourth-order valence-corrected chi connectivity index (χ4v) is 1.02. The molecule has 0 N–H and O–H groups in total. The number of benzene rings is 1. The highest BCUT2D eigenvalue weighted by Gasteiger charge is 2.05. The number of aryl methyl sites for hydroxylation is 1. The van der Waals surface area contributed by atoms with Crippen LogP contribution in [0.1, 0.15) is 12.5 Å². The molecule has 0 aromatic heterocycles. The molecule has 0 bridgehead atoms. The lowest BCUT2D eigenvalue weighted by atomic mass is 10.2. The van der Waals surface area contributed by atoms with Gasteiger partial charge in [0.05, 0.1) is 7.11 Å². The Kier molecular flexibility index (Phi) is 2.90. The molecule has 3 nitrogen and oxygen atoms in total. The maximum atomic E-state index is 10.7. The van der Waals surface area contributed by atoms with E-state index in [1.165, 1.54) is 14.0 Å². The monoisotopic (exact) mass is 180 g/mol. The van der Waals surface area contributed by atoms with Crippen molar-refractivity contribution in [2.24, 2.45) is 0 Å². The predicted molar refractivity (Wildman–Crippen MR) is 49.0 cm³/mol. The van der Waals surface area contributed by atoms with Crippen LogP contribution in [0.4, 0.5) is 0 Å². The zero-order chi connectivity index (χ0) is 9.84. The Balaban J connectivity index is 3.01. The molecule has 1 rings (SSSR count). The minimum atomic E-state index is -0.344. The van der Waals surface area contributed by atoms with Crippen LogP contribution in [-0.2, 0) is 4.79 Å². The zero-order valence-corrected chi connectivity index (χ0v) is 7.96. The second-order valence-corrected chi connectivity index (χ2v) is 2.75. The van der Waals surface area contributed by atoms with E-state index >= 15 is 0 Å². The quantitative estimate of drug-likeness (QED) is 0.515. The molecule has 1 aromatic rings. The number of carbonyl (C=O) groups excluding carboxylic acids is 1. The molecule has 0 atom stereocenters. The first kappa shape index (κ1) is 9.58. The third-order valence-electron chi connectivity index (χ3n) is 1.57. The van der Waals surface area contributed by atoms with Crippen LogP contribution in [0.15, 0.2) is 18.2 Å². The summed E-state index contributed by atoms with van der Waals surface area (Å²) in [6, 6.07) is 5.43. The van der Waals surface area contributed by atoms with E-state index in [0.717, 1.165) is 5.56 Å². The van der Waals surface area contributed by atoms with E-state index in [2.05, 4.69) is 0 Å². The van der Waals surface area contributed by atoms with Crippen molar-refractivity contribution < 1.29 is 14.3 Å². The van der Waals surface area contributed by atoms with E-state index in [0.29, 0.717) is 11.5 Å². The molecular weight excluding hydrogens is 168 g/mol. The van der Waals surface area contributed by atoms with Crippen LogP contribution < -0.4 is 9.47 Å². The van der Waals surface area contributed by atoms with Crippen molar-refractivity contribution in [3.63, 3.8) is 0 Å². The van der Waals surface area contributed by atoms with Gasteiger partial charge in [-0.2, -0.15) is 0 Å². The van der Waals surface area contributed by atoms with Gasteiger partial charge in [-0.05, 0) is 24.6 Å². The summed E-state index contributed by atoms with van der Waals surface area (Å²) in [6.07, 6.45) is 0. The lowest BCUT2D eigenvalue weighted by Crippen LogP contribution is -2.03. The van der Waals surface area contributed by atoms with Gasteiger partial charge in [0.2, 0.25) is 0 Å². The normalized spacial score (nSPS) is 9.46. The topological polar surface area (TPSA) is 35.5 Å². The highest BCUT2D eigenvalue weighted by atomic mass is 16.6. The fraction of sp³-hybridized carbons (Fsp3) is 0.300. The zero-order valence-electron chi connectivity index (χ0n) is 7.96. The van der Waals surface area contributed by atoms with Crippen molar-refractivity contribution in [3.05, 3.63) is 23.8 Å². The Morgan fingerprint density at radius 2 is 2.00 bits per heavy atom. The van der Waals surface area contributed by atoms with Gasteiger partial charge in [0.25, 0.3) is 0 Å². The van der Waals surface area contributed by atoms with E-state index in [1.54, 1.807) is 12.1 Å². The second-order valence-electron chi connectivity index (χ2n) is 2.75. The fourth-order valence-electron chi connectivity index (χ4n) is 1.02. The minimum absolute atomic E-state index is 0.344. The summed E-state index contributed by atoms with van der Waals surface area (Å²) in [6.45, 7) is 3.29. The molecule has 70 valence electrons. The summed E-state index contributed by atoms with van der Waals surface area (Å²) in [5.74, 6) is 0.694. The Labute approximate surface area is 77.3 Å². The summed E-state index contributed by atoms with van der Waals surface area (Å²) in [4.78, 5) is 10.7. The van der Waals surface area contributed by atoms with Gasteiger partial charge < -0.3 is 9.47 Å². The second kappa shape index (κ2) is 3.94. The molecule has 0 unspecified atom stereocenters. The largest absolute Gasteiger partial charge is 0.493 e. The van der Waals surface area contributed by atoms with E-state index in [-0.39, 0.29) is 5.97 Å². The average molecular weight is 180 g/mol. The van der Waals surface area contributed by atoms with Crippen LogP contribution in [-0.4, -0.2) is 13.1 Å². The van der Waals surface area contributed by atoms with Crippen LogP contribution in [0.25, 0.3) is 0 Å². The van der Waals surface area contributed by atoms with Gasteiger partial charge in [-0.3, -0.25) is 4.79 Å². The maximum Gasteiger partial charge on any atom is 0.308 e. The number of esters is 1. The number of hydrogen-bond donors (Lipinski definition) is 0. The van der Waals surface area contributed by atoms with Crippen LogP contribution in [0.5, 0.6) is 11.5 Å². The molecule has 0 heterocycles. The summed E-state index contributed by atoms with van der Waals surface area (Å²) in [5, 5.41) is 0. The first-order valence-electron chi connectivity index (χ1n) is 3.96. The Morgan fingerprint density at radius 1 is 1.31 bits per heavy atom. The third kappa shape index (κ3) is 2.47. The predicted octanol–water partition coefficient (Wildman–Crippen LogP) is 1.93. The Morgan fingerprint density at radius 3 is 2.54 bits per heavy atom. The molecule has 0 radical (unpaired) electrons. The van der Waals surface area contributed by atoms with Gasteiger partial charge >= 0.3 is 5.97 Å². The van der Waals surface area contributed by atoms with E-state index < -0.39 is 0 Å². The summed E-state index contributed by atoms with van der Waals surface area (Å²) >= 11 is 0. The van der Waals surface area contributed by atoms with Crippen LogP contribution in [0.3, 0.4) is 0 Å². The standard InChI is InChI=1S/C10H12O3/c1-7-4-5-9(12-3)10(6-7)13-8(2)11/h4-6H,1-3H3. The van der Waals surface area contributed by atoms with Crippen molar-refractivity contribution in [2.75, 3.05) is 7.11 Å². The molecule has 1 aromatic carbocycles. The van der Waals surface area contributed by atoms with E-state index in [4.69, 9.17) is 9.47 Å². The third-order valence-corrected chi connectivity index (χ3v) is 1.57. The maximum absolute atomic E-state index is 10.7. The van der Waals surface area contributed by atoms with Crippen LogP contribution >= 0.6 is 0 Å². The van der Waals surface area contributed by atoms with E-state index in [9.17, 15) is 4.79 Å². The van der Waals surface area contributed by atoms with Crippen molar-refractivity contribution in [1.82, 2.24) is 0 Å². The molecule has 13 heavy (non-hydrogen) atoms. The minimum Gasteiger partial charge on any atom is -0.493 e. The molecule has 3 heteroatoms. The number of methoxy groups -OCH3 is 1. The Hall–Kier alpha value is -1.51. The van der Waals surface area contributed by atoms with Gasteiger partial charge in [0, 0.05) is 6.92 Å². The summed E-state index contributed by atoms with van der Waals surface area (Å²) in [5.41, 5.74) is 1.03. The number of rotatable bonds is 2. The van der Waals surface area contributed by atoms with Crippen LogP contribution in [0.2, 0.25) is 0 Å². The summed E-state index contributed by atoms with van der Waals surface area (Å²) < 4.78 is 9.98. The lowest BCUT2D eigenvalue weighted by molar-refractivity contribution is -0.132. The molecule has 0 aliphatic carbocycles. The Bertz CT molecular complexity index is 318. The van der Waals surface area contributed by atoms with Crippen molar-refractivity contribution in [3.8, 4) is 11.5 Å². The first-order chi connectivity index (χ1) is 6.13. The first-order valence-corrected chi connectivity index (χ1v) is 3.96. The van der Waals surface area contributed by atoms with Gasteiger partial charge in [-0.1, -0.05) is 6.07 Å².